The van der Waals surface area contributed by atoms with Crippen molar-refractivity contribution < 1.29 is 9.26 Å². The van der Waals surface area contributed by atoms with Crippen LogP contribution in [0.1, 0.15) is 89.0 Å². The highest BCUT2D eigenvalue weighted by molar-refractivity contribution is 5.07. The first-order chi connectivity index (χ1) is 10.2. The lowest BCUT2D eigenvalue weighted by Crippen LogP contribution is -2.34. The van der Waals surface area contributed by atoms with Gasteiger partial charge in [-0.3, -0.25) is 0 Å². The molecule has 118 valence electrons. The molecule has 2 aliphatic rings. The van der Waals surface area contributed by atoms with Crippen molar-refractivity contribution in [2.24, 2.45) is 5.73 Å². The van der Waals surface area contributed by atoms with Crippen LogP contribution in [0.25, 0.3) is 0 Å². The van der Waals surface area contributed by atoms with E-state index in [-0.39, 0.29) is 11.6 Å². The SMILES string of the molecule is CCC(OC1CCCCC1)c1nc(C2(N)CCCC2)no1. The van der Waals surface area contributed by atoms with Gasteiger partial charge in [0.25, 0.3) is 5.89 Å². The number of rotatable bonds is 5. The highest BCUT2D eigenvalue weighted by atomic mass is 16.5. The fourth-order valence-corrected chi connectivity index (χ4v) is 3.56. The number of ether oxygens (including phenoxy) is 1. The zero-order valence-corrected chi connectivity index (χ0v) is 13.0. The Kier molecular flexibility index (Phi) is 4.60. The van der Waals surface area contributed by atoms with Gasteiger partial charge in [0.05, 0.1) is 11.6 Å². The van der Waals surface area contributed by atoms with E-state index in [1.807, 2.05) is 0 Å². The zero-order valence-electron chi connectivity index (χ0n) is 13.0. The van der Waals surface area contributed by atoms with Crippen molar-refractivity contribution in [3.63, 3.8) is 0 Å². The Morgan fingerprint density at radius 2 is 1.95 bits per heavy atom. The normalized spacial score (nSPS) is 24.3. The minimum absolute atomic E-state index is 0.0839. The molecule has 2 fully saturated rings. The summed E-state index contributed by atoms with van der Waals surface area (Å²) in [7, 11) is 0. The number of nitrogens with two attached hydrogens (primary N) is 1. The fourth-order valence-electron chi connectivity index (χ4n) is 3.56. The van der Waals surface area contributed by atoms with Crippen LogP contribution in [0.15, 0.2) is 4.52 Å². The van der Waals surface area contributed by atoms with Gasteiger partial charge in [0.2, 0.25) is 0 Å². The Bertz CT molecular complexity index is 448. The molecule has 0 radical (unpaired) electrons. The van der Waals surface area contributed by atoms with E-state index in [1.54, 1.807) is 0 Å². The lowest BCUT2D eigenvalue weighted by atomic mass is 9.97. The smallest absolute Gasteiger partial charge is 0.255 e. The van der Waals surface area contributed by atoms with Gasteiger partial charge in [-0.25, -0.2) is 0 Å². The second-order valence-electron chi connectivity index (χ2n) is 6.61. The molecule has 3 rings (SSSR count). The van der Waals surface area contributed by atoms with Crippen LogP contribution >= 0.6 is 0 Å². The zero-order chi connectivity index (χ0) is 14.7. The van der Waals surface area contributed by atoms with Gasteiger partial charge in [0.15, 0.2) is 5.82 Å². The Balaban J connectivity index is 1.67. The van der Waals surface area contributed by atoms with Gasteiger partial charge >= 0.3 is 0 Å². The van der Waals surface area contributed by atoms with Crippen LogP contribution in [0.2, 0.25) is 0 Å². The number of nitrogens with zero attached hydrogens (tertiary/aromatic N) is 2. The van der Waals surface area contributed by atoms with Gasteiger partial charge in [-0.15, -0.1) is 0 Å². The van der Waals surface area contributed by atoms with Crippen LogP contribution in [0.4, 0.5) is 0 Å². The van der Waals surface area contributed by atoms with Crippen LogP contribution in [0.5, 0.6) is 0 Å². The highest BCUT2D eigenvalue weighted by Gasteiger charge is 2.37. The first-order valence-electron chi connectivity index (χ1n) is 8.50. The Morgan fingerprint density at radius 3 is 2.62 bits per heavy atom. The fraction of sp³-hybridized carbons (Fsp3) is 0.875. The summed E-state index contributed by atoms with van der Waals surface area (Å²) < 4.78 is 11.7. The van der Waals surface area contributed by atoms with Gasteiger partial charge in [-0.2, -0.15) is 4.98 Å². The summed E-state index contributed by atoms with van der Waals surface area (Å²) in [6, 6.07) is 0. The minimum Gasteiger partial charge on any atom is -0.365 e. The molecule has 2 saturated carbocycles. The molecular weight excluding hydrogens is 266 g/mol. The largest absolute Gasteiger partial charge is 0.365 e. The molecule has 1 heterocycles. The average molecular weight is 293 g/mol. The Morgan fingerprint density at radius 1 is 1.24 bits per heavy atom. The first-order valence-corrected chi connectivity index (χ1v) is 8.50. The molecule has 0 bridgehead atoms. The van der Waals surface area contributed by atoms with Gasteiger partial charge < -0.3 is 15.0 Å². The van der Waals surface area contributed by atoms with Crippen LogP contribution in [-0.4, -0.2) is 16.2 Å². The summed E-state index contributed by atoms with van der Waals surface area (Å²) in [6.45, 7) is 2.10. The van der Waals surface area contributed by atoms with Crippen molar-refractivity contribution in [1.82, 2.24) is 10.1 Å². The van der Waals surface area contributed by atoms with Gasteiger partial charge in [0, 0.05) is 0 Å². The molecule has 1 aromatic heterocycles. The molecule has 2 N–H and O–H groups in total. The van der Waals surface area contributed by atoms with Crippen molar-refractivity contribution in [2.75, 3.05) is 0 Å². The van der Waals surface area contributed by atoms with E-state index in [0.717, 1.165) is 44.9 Å². The maximum Gasteiger partial charge on any atom is 0.255 e. The number of aromatic nitrogens is 2. The van der Waals surface area contributed by atoms with E-state index in [0.29, 0.717) is 17.8 Å². The molecule has 2 aliphatic carbocycles. The second kappa shape index (κ2) is 6.44. The van der Waals surface area contributed by atoms with E-state index in [4.69, 9.17) is 15.0 Å². The molecule has 5 nitrogen and oxygen atoms in total. The Hall–Kier alpha value is -0.940. The summed E-state index contributed by atoms with van der Waals surface area (Å²) in [5, 5.41) is 4.14. The first kappa shape index (κ1) is 15.0. The highest BCUT2D eigenvalue weighted by Crippen LogP contribution is 2.36. The van der Waals surface area contributed by atoms with E-state index in [2.05, 4.69) is 17.1 Å². The molecule has 0 amide bonds. The summed E-state index contributed by atoms with van der Waals surface area (Å²) >= 11 is 0. The summed E-state index contributed by atoms with van der Waals surface area (Å²) in [5.74, 6) is 1.27. The van der Waals surface area contributed by atoms with E-state index in [1.165, 1.54) is 19.3 Å². The molecule has 0 aromatic carbocycles. The van der Waals surface area contributed by atoms with Gasteiger partial charge in [-0.1, -0.05) is 44.2 Å². The monoisotopic (exact) mass is 293 g/mol. The standard InChI is InChI=1S/C16H27N3O2/c1-2-13(20-12-8-4-3-5-9-12)14-18-15(19-21-14)16(17)10-6-7-11-16/h12-13H,2-11,17H2,1H3. The topological polar surface area (TPSA) is 74.2 Å². The van der Waals surface area contributed by atoms with E-state index >= 15 is 0 Å². The maximum atomic E-state index is 6.39. The molecule has 1 atom stereocenters. The van der Waals surface area contributed by atoms with E-state index < -0.39 is 0 Å². The van der Waals surface area contributed by atoms with Crippen LogP contribution in [-0.2, 0) is 10.3 Å². The quantitative estimate of drug-likeness (QED) is 0.897. The summed E-state index contributed by atoms with van der Waals surface area (Å²) in [4.78, 5) is 4.57. The molecule has 0 aliphatic heterocycles. The predicted molar refractivity (Wildman–Crippen MR) is 79.6 cm³/mol. The third kappa shape index (κ3) is 3.29. The minimum atomic E-state index is -0.384. The van der Waals surface area contributed by atoms with Crippen LogP contribution in [0, 0.1) is 0 Å². The molecule has 1 aromatic rings. The lowest BCUT2D eigenvalue weighted by Gasteiger charge is -2.25. The number of hydrogen-bond donors (Lipinski definition) is 1. The Labute approximate surface area is 126 Å². The van der Waals surface area contributed by atoms with Crippen molar-refractivity contribution in [3.05, 3.63) is 11.7 Å². The van der Waals surface area contributed by atoms with Crippen molar-refractivity contribution >= 4 is 0 Å². The summed E-state index contributed by atoms with van der Waals surface area (Å²) in [5.41, 5.74) is 6.01. The summed E-state index contributed by atoms with van der Waals surface area (Å²) in [6.07, 6.45) is 11.5. The lowest BCUT2D eigenvalue weighted by molar-refractivity contribution is -0.0468. The van der Waals surface area contributed by atoms with Crippen molar-refractivity contribution in [1.29, 1.82) is 0 Å². The molecule has 0 saturated heterocycles. The molecule has 0 spiro atoms. The van der Waals surface area contributed by atoms with Crippen molar-refractivity contribution in [2.45, 2.75) is 88.9 Å². The van der Waals surface area contributed by atoms with Crippen LogP contribution in [0.3, 0.4) is 0 Å². The number of hydrogen-bond acceptors (Lipinski definition) is 5. The van der Waals surface area contributed by atoms with Gasteiger partial charge in [-0.05, 0) is 32.1 Å². The van der Waals surface area contributed by atoms with Gasteiger partial charge in [0.1, 0.15) is 6.10 Å². The molecule has 1 unspecified atom stereocenters. The second-order valence-corrected chi connectivity index (χ2v) is 6.61. The van der Waals surface area contributed by atoms with Crippen molar-refractivity contribution in [3.8, 4) is 0 Å². The van der Waals surface area contributed by atoms with Crippen LogP contribution < -0.4 is 5.73 Å². The average Bonchev–Trinajstić information content (AvgIpc) is 3.16. The third-order valence-corrected chi connectivity index (χ3v) is 4.94. The maximum absolute atomic E-state index is 6.39. The predicted octanol–water partition coefficient (Wildman–Crippen LogP) is 3.60. The molecule has 21 heavy (non-hydrogen) atoms. The third-order valence-electron chi connectivity index (χ3n) is 4.94. The molecule has 5 heteroatoms. The molecular formula is C16H27N3O2. The van der Waals surface area contributed by atoms with E-state index in [9.17, 15) is 0 Å².